The molecule has 1 fully saturated rings. The molecule has 1 unspecified atom stereocenters. The molecule has 122 valence electrons. The number of hydrogen-bond acceptors (Lipinski definition) is 3. The maximum atomic E-state index is 13.2. The number of nitrogens with one attached hydrogen (secondary N) is 2. The smallest absolute Gasteiger partial charge is 0.355 e. The molecule has 7 heteroatoms. The highest BCUT2D eigenvalue weighted by Crippen LogP contribution is 2.33. The number of nitrogens with zero attached hydrogens (tertiary/aromatic N) is 1. The van der Waals surface area contributed by atoms with Gasteiger partial charge in [0, 0.05) is 38.3 Å². The first-order valence-electron chi connectivity index (χ1n) is 7.17. The van der Waals surface area contributed by atoms with Crippen LogP contribution in [0.25, 0.3) is 0 Å². The predicted molar refractivity (Wildman–Crippen MR) is 77.6 cm³/mol. The van der Waals surface area contributed by atoms with Crippen molar-refractivity contribution in [3.8, 4) is 0 Å². The van der Waals surface area contributed by atoms with Crippen LogP contribution in [0.5, 0.6) is 0 Å². The maximum Gasteiger partial charge on any atom is 0.416 e. The summed E-state index contributed by atoms with van der Waals surface area (Å²) >= 11 is 0. The molecule has 1 saturated heterocycles. The summed E-state index contributed by atoms with van der Waals surface area (Å²) in [7, 11) is 3.25. The number of rotatable bonds is 4. The Morgan fingerprint density at radius 1 is 1.36 bits per heavy atom. The number of hydrogen-bond donors (Lipinski definition) is 2. The summed E-state index contributed by atoms with van der Waals surface area (Å²) in [5, 5.41) is 5.48. The highest BCUT2D eigenvalue weighted by atomic mass is 19.4. The summed E-state index contributed by atoms with van der Waals surface area (Å²) in [6.07, 6.45) is -3.55. The Balaban J connectivity index is 2.25. The average molecular weight is 315 g/mol. The van der Waals surface area contributed by atoms with Gasteiger partial charge in [-0.25, -0.2) is 0 Å². The first-order valence-corrected chi connectivity index (χ1v) is 7.17. The molecule has 1 aromatic rings. The Morgan fingerprint density at radius 2 is 2.09 bits per heavy atom. The summed E-state index contributed by atoms with van der Waals surface area (Å²) in [6, 6.07) is 4.09. The van der Waals surface area contributed by atoms with Crippen molar-refractivity contribution in [3.05, 3.63) is 34.9 Å². The number of likely N-dealkylation sites (N-methyl/N-ethyl adjacent to an activating group) is 1. The van der Waals surface area contributed by atoms with Gasteiger partial charge in [-0.2, -0.15) is 13.2 Å². The van der Waals surface area contributed by atoms with E-state index in [2.05, 4.69) is 10.6 Å². The lowest BCUT2D eigenvalue weighted by molar-refractivity contribution is -0.138. The Labute approximate surface area is 127 Å². The zero-order valence-corrected chi connectivity index (χ0v) is 12.6. The third-order valence-electron chi connectivity index (χ3n) is 3.98. The third-order valence-corrected chi connectivity index (χ3v) is 3.98. The fraction of sp³-hybridized carbons (Fsp3) is 0.533. The van der Waals surface area contributed by atoms with Crippen LogP contribution in [0.2, 0.25) is 0 Å². The number of carbonyl (C=O) groups excluding carboxylic acids is 1. The molecule has 0 saturated carbocycles. The molecule has 0 aliphatic carbocycles. The van der Waals surface area contributed by atoms with E-state index in [0.717, 1.165) is 25.6 Å². The summed E-state index contributed by atoms with van der Waals surface area (Å²) in [4.78, 5) is 13.5. The third kappa shape index (κ3) is 3.78. The van der Waals surface area contributed by atoms with E-state index < -0.39 is 17.6 Å². The second-order valence-electron chi connectivity index (χ2n) is 5.46. The van der Waals surface area contributed by atoms with E-state index in [0.29, 0.717) is 6.04 Å². The van der Waals surface area contributed by atoms with Gasteiger partial charge in [0.1, 0.15) is 0 Å². The lowest BCUT2D eigenvalue weighted by atomic mass is 10.0. The minimum atomic E-state index is -4.47. The first kappa shape index (κ1) is 16.8. The molecule has 1 aliphatic rings. The number of benzene rings is 1. The second kappa shape index (κ2) is 6.66. The first-order chi connectivity index (χ1) is 10.3. The predicted octanol–water partition coefficient (Wildman–Crippen LogP) is 1.86. The standard InChI is InChI=1S/C15H20F3N3O/c1-19-12-5-6-21(9-12)8-11-4-3-10(14(22)20-2)7-13(11)15(16,17)18/h3-4,7,12,19H,5-6,8-9H2,1-2H3,(H,20,22). The number of carbonyl (C=O) groups is 1. The van der Waals surface area contributed by atoms with Crippen LogP contribution in [0.15, 0.2) is 18.2 Å². The molecule has 0 spiro atoms. The topological polar surface area (TPSA) is 44.4 Å². The number of alkyl halides is 3. The van der Waals surface area contributed by atoms with Gasteiger partial charge in [0.25, 0.3) is 5.91 Å². The van der Waals surface area contributed by atoms with Crippen LogP contribution in [0.3, 0.4) is 0 Å². The van der Waals surface area contributed by atoms with E-state index in [1.165, 1.54) is 19.2 Å². The second-order valence-corrected chi connectivity index (χ2v) is 5.46. The molecule has 2 N–H and O–H groups in total. The summed E-state index contributed by atoms with van der Waals surface area (Å²) in [5.41, 5.74) is -0.508. The van der Waals surface area contributed by atoms with Crippen molar-refractivity contribution in [2.24, 2.45) is 0 Å². The lowest BCUT2D eigenvalue weighted by Gasteiger charge is -2.20. The van der Waals surface area contributed by atoms with Gasteiger partial charge in [-0.1, -0.05) is 6.07 Å². The molecule has 22 heavy (non-hydrogen) atoms. The van der Waals surface area contributed by atoms with Gasteiger partial charge in [-0.15, -0.1) is 0 Å². The van der Waals surface area contributed by atoms with E-state index in [1.807, 2.05) is 11.9 Å². The van der Waals surface area contributed by atoms with Crippen molar-refractivity contribution < 1.29 is 18.0 Å². The molecule has 4 nitrogen and oxygen atoms in total. The van der Waals surface area contributed by atoms with Crippen molar-refractivity contribution in [3.63, 3.8) is 0 Å². The Kier molecular flexibility index (Phi) is 5.08. The van der Waals surface area contributed by atoms with Gasteiger partial charge >= 0.3 is 6.18 Å². The summed E-state index contributed by atoms with van der Waals surface area (Å²) in [6.45, 7) is 1.73. The van der Waals surface area contributed by atoms with Crippen LogP contribution in [0, 0.1) is 0 Å². The van der Waals surface area contributed by atoms with Gasteiger partial charge in [-0.05, 0) is 31.2 Å². The molecule has 0 bridgehead atoms. The van der Waals surface area contributed by atoms with Crippen molar-refractivity contribution in [2.45, 2.75) is 25.2 Å². The number of halogens is 3. The summed E-state index contributed by atoms with van der Waals surface area (Å²) < 4.78 is 39.7. The molecule has 1 atom stereocenters. The largest absolute Gasteiger partial charge is 0.416 e. The van der Waals surface area contributed by atoms with E-state index in [-0.39, 0.29) is 17.7 Å². The van der Waals surface area contributed by atoms with Crippen LogP contribution < -0.4 is 10.6 Å². The molecular weight excluding hydrogens is 295 g/mol. The average Bonchev–Trinajstić information content (AvgIpc) is 2.93. The van der Waals surface area contributed by atoms with Crippen LogP contribution >= 0.6 is 0 Å². The van der Waals surface area contributed by atoms with Crippen molar-refractivity contribution >= 4 is 5.91 Å². The minimum Gasteiger partial charge on any atom is -0.355 e. The van der Waals surface area contributed by atoms with Crippen LogP contribution in [0.1, 0.15) is 27.9 Å². The van der Waals surface area contributed by atoms with Crippen LogP contribution in [-0.2, 0) is 12.7 Å². The zero-order chi connectivity index (χ0) is 16.3. The Hall–Kier alpha value is -1.60. The number of likely N-dealkylation sites (tertiary alicyclic amines) is 1. The van der Waals surface area contributed by atoms with Crippen molar-refractivity contribution in [1.29, 1.82) is 0 Å². The van der Waals surface area contributed by atoms with E-state index >= 15 is 0 Å². The van der Waals surface area contributed by atoms with E-state index in [1.54, 1.807) is 0 Å². The molecule has 1 aliphatic heterocycles. The van der Waals surface area contributed by atoms with E-state index in [4.69, 9.17) is 0 Å². The Bertz CT molecular complexity index is 545. The molecule has 1 heterocycles. The SMILES string of the molecule is CNC(=O)c1ccc(CN2CCC(NC)C2)c(C(F)(F)F)c1. The van der Waals surface area contributed by atoms with Gasteiger partial charge in [0.2, 0.25) is 0 Å². The normalized spacial score (nSPS) is 19.4. The molecule has 2 rings (SSSR count). The maximum absolute atomic E-state index is 13.2. The van der Waals surface area contributed by atoms with Crippen molar-refractivity contribution in [1.82, 2.24) is 15.5 Å². The van der Waals surface area contributed by atoms with Gasteiger partial charge in [-0.3, -0.25) is 9.69 Å². The zero-order valence-electron chi connectivity index (χ0n) is 12.6. The molecule has 0 aromatic heterocycles. The lowest BCUT2D eigenvalue weighted by Crippen LogP contribution is -2.30. The quantitative estimate of drug-likeness (QED) is 0.891. The van der Waals surface area contributed by atoms with Gasteiger partial charge in [0.05, 0.1) is 5.56 Å². The summed E-state index contributed by atoms with van der Waals surface area (Å²) in [5.74, 6) is -0.520. The van der Waals surface area contributed by atoms with Crippen molar-refractivity contribution in [2.75, 3.05) is 27.2 Å². The molecule has 1 amide bonds. The highest BCUT2D eigenvalue weighted by Gasteiger charge is 2.35. The fourth-order valence-electron chi connectivity index (χ4n) is 2.72. The highest BCUT2D eigenvalue weighted by molar-refractivity contribution is 5.94. The van der Waals surface area contributed by atoms with Gasteiger partial charge < -0.3 is 10.6 Å². The van der Waals surface area contributed by atoms with Crippen LogP contribution in [0.4, 0.5) is 13.2 Å². The molecule has 1 aromatic carbocycles. The Morgan fingerprint density at radius 3 is 2.64 bits per heavy atom. The minimum absolute atomic E-state index is 0.0214. The van der Waals surface area contributed by atoms with Gasteiger partial charge in [0.15, 0.2) is 0 Å². The monoisotopic (exact) mass is 315 g/mol. The molecule has 0 radical (unpaired) electrons. The van der Waals surface area contributed by atoms with Crippen LogP contribution in [-0.4, -0.2) is 44.0 Å². The fourth-order valence-corrected chi connectivity index (χ4v) is 2.72. The molecular formula is C15H20F3N3O. The number of amides is 1. The van der Waals surface area contributed by atoms with E-state index in [9.17, 15) is 18.0 Å².